The van der Waals surface area contributed by atoms with Crippen molar-refractivity contribution in [1.82, 2.24) is 0 Å². The average Bonchev–Trinajstić information content (AvgIpc) is 2.39. The molecule has 96 valence electrons. The quantitative estimate of drug-likeness (QED) is 0.871. The van der Waals surface area contributed by atoms with Crippen LogP contribution in [0.3, 0.4) is 0 Å². The number of aliphatic carboxylic acids is 1. The van der Waals surface area contributed by atoms with E-state index in [0.29, 0.717) is 5.57 Å². The molecule has 0 amide bonds. The third-order valence-corrected chi connectivity index (χ3v) is 4.26. The van der Waals surface area contributed by atoms with Crippen LogP contribution >= 0.6 is 15.9 Å². The molecule has 1 aromatic carbocycles. The molecular formula is C14H15BrO3. The lowest BCUT2D eigenvalue weighted by Gasteiger charge is -2.32. The van der Waals surface area contributed by atoms with E-state index in [1.54, 1.807) is 13.2 Å². The minimum atomic E-state index is -0.885. The molecule has 0 saturated carbocycles. The Morgan fingerprint density at radius 3 is 2.67 bits per heavy atom. The molecule has 1 aromatic rings. The van der Waals surface area contributed by atoms with Gasteiger partial charge in [0.15, 0.2) is 0 Å². The number of ether oxygens (including phenoxy) is 1. The summed E-state index contributed by atoms with van der Waals surface area (Å²) in [5.41, 5.74) is 1.43. The number of hydrogen-bond acceptors (Lipinski definition) is 2. The highest BCUT2D eigenvalue weighted by atomic mass is 79.9. The lowest BCUT2D eigenvalue weighted by atomic mass is 9.81. The number of benzene rings is 1. The summed E-state index contributed by atoms with van der Waals surface area (Å²) in [6.45, 7) is 0. The number of carboxylic acid groups (broad SMARTS) is 1. The van der Waals surface area contributed by atoms with Crippen LogP contribution in [-0.4, -0.2) is 22.7 Å². The summed E-state index contributed by atoms with van der Waals surface area (Å²) >= 11 is 3.44. The monoisotopic (exact) mass is 310 g/mol. The van der Waals surface area contributed by atoms with Crippen LogP contribution in [-0.2, 0) is 9.53 Å². The number of hydrogen-bond donors (Lipinski definition) is 1. The zero-order valence-electron chi connectivity index (χ0n) is 10.1. The first-order chi connectivity index (χ1) is 8.56. The molecule has 0 aromatic heterocycles. The van der Waals surface area contributed by atoms with Crippen LogP contribution in [0.5, 0.6) is 0 Å². The van der Waals surface area contributed by atoms with Crippen molar-refractivity contribution in [3.05, 3.63) is 47.5 Å². The summed E-state index contributed by atoms with van der Waals surface area (Å²) in [6.07, 6.45) is 3.18. The molecule has 0 heterocycles. The van der Waals surface area contributed by atoms with E-state index in [1.165, 1.54) is 0 Å². The third kappa shape index (κ3) is 2.65. The lowest BCUT2D eigenvalue weighted by molar-refractivity contribution is -0.133. The van der Waals surface area contributed by atoms with Gasteiger partial charge in [-0.3, -0.25) is 0 Å². The van der Waals surface area contributed by atoms with Gasteiger partial charge in [-0.05, 0) is 40.4 Å². The number of halogens is 1. The third-order valence-electron chi connectivity index (χ3n) is 3.31. The Balaban J connectivity index is 2.39. The molecule has 1 aliphatic carbocycles. The van der Waals surface area contributed by atoms with E-state index in [4.69, 9.17) is 4.74 Å². The second-order valence-electron chi connectivity index (χ2n) is 4.40. The van der Waals surface area contributed by atoms with Gasteiger partial charge >= 0.3 is 5.97 Å². The highest BCUT2D eigenvalue weighted by molar-refractivity contribution is 9.10. The normalized spacial score (nSPS) is 27.7. The van der Waals surface area contributed by atoms with Gasteiger partial charge in [0.05, 0.1) is 0 Å². The number of carboxylic acids is 1. The maximum atomic E-state index is 11.4. The first-order valence-electron chi connectivity index (χ1n) is 5.81. The highest BCUT2D eigenvalue weighted by Gasteiger charge is 2.35. The van der Waals surface area contributed by atoms with Gasteiger partial charge < -0.3 is 9.84 Å². The molecule has 2 rings (SSSR count). The van der Waals surface area contributed by atoms with Gasteiger partial charge in [0.1, 0.15) is 4.51 Å². The molecule has 4 heteroatoms. The Morgan fingerprint density at radius 2 is 2.11 bits per heavy atom. The first-order valence-corrected chi connectivity index (χ1v) is 6.60. The summed E-state index contributed by atoms with van der Waals surface area (Å²) in [4.78, 5) is 11.4. The van der Waals surface area contributed by atoms with Crippen molar-refractivity contribution >= 4 is 21.9 Å². The predicted octanol–water partition coefficient (Wildman–Crippen LogP) is 3.31. The van der Waals surface area contributed by atoms with Crippen molar-refractivity contribution in [3.63, 3.8) is 0 Å². The molecule has 1 aliphatic rings. The van der Waals surface area contributed by atoms with E-state index >= 15 is 0 Å². The zero-order valence-corrected chi connectivity index (χ0v) is 11.7. The lowest BCUT2D eigenvalue weighted by Crippen LogP contribution is -2.29. The number of alkyl halides is 1. The molecule has 2 unspecified atom stereocenters. The topological polar surface area (TPSA) is 46.5 Å². The van der Waals surface area contributed by atoms with Crippen molar-refractivity contribution in [2.45, 2.75) is 23.3 Å². The van der Waals surface area contributed by atoms with Crippen LogP contribution < -0.4 is 0 Å². The molecule has 0 aliphatic heterocycles. The van der Waals surface area contributed by atoms with E-state index in [2.05, 4.69) is 15.9 Å². The molecule has 0 radical (unpaired) electrons. The van der Waals surface area contributed by atoms with Gasteiger partial charge in [-0.2, -0.15) is 0 Å². The molecule has 1 N–H and O–H groups in total. The van der Waals surface area contributed by atoms with Crippen LogP contribution in [0.15, 0.2) is 42.0 Å². The molecule has 0 saturated heterocycles. The van der Waals surface area contributed by atoms with Gasteiger partial charge in [0.25, 0.3) is 0 Å². The molecule has 2 atom stereocenters. The molecule has 3 nitrogen and oxygen atoms in total. The minimum Gasteiger partial charge on any atom is -0.478 e. The maximum Gasteiger partial charge on any atom is 0.332 e. The summed E-state index contributed by atoms with van der Waals surface area (Å²) < 4.78 is 4.67. The van der Waals surface area contributed by atoms with E-state index in [1.807, 2.05) is 30.3 Å². The van der Waals surface area contributed by atoms with E-state index < -0.39 is 10.5 Å². The fourth-order valence-corrected chi connectivity index (χ4v) is 2.78. The van der Waals surface area contributed by atoms with Crippen molar-refractivity contribution in [1.29, 1.82) is 0 Å². The molecule has 0 spiro atoms. The van der Waals surface area contributed by atoms with Crippen molar-refractivity contribution in [2.24, 2.45) is 0 Å². The van der Waals surface area contributed by atoms with Crippen molar-refractivity contribution in [3.8, 4) is 0 Å². The van der Waals surface area contributed by atoms with Crippen molar-refractivity contribution in [2.75, 3.05) is 7.11 Å². The van der Waals surface area contributed by atoms with Gasteiger partial charge in [-0.1, -0.05) is 30.3 Å². The molecule has 0 bridgehead atoms. The van der Waals surface area contributed by atoms with Crippen LogP contribution in [0.2, 0.25) is 0 Å². The van der Waals surface area contributed by atoms with Gasteiger partial charge in [-0.25, -0.2) is 4.79 Å². The largest absolute Gasteiger partial charge is 0.478 e. The SMILES string of the molecule is COC1(Br)C=C(C(=O)O)C(c2ccccc2)CC1. The Morgan fingerprint density at radius 1 is 1.44 bits per heavy atom. The van der Waals surface area contributed by atoms with Gasteiger partial charge in [0, 0.05) is 18.6 Å². The number of methoxy groups -OCH3 is 1. The predicted molar refractivity (Wildman–Crippen MR) is 72.8 cm³/mol. The Kier molecular flexibility index (Phi) is 3.88. The number of carbonyl (C=O) groups is 1. The average molecular weight is 311 g/mol. The Hall–Kier alpha value is -1.13. The summed E-state index contributed by atoms with van der Waals surface area (Å²) in [7, 11) is 1.58. The standard InChI is InChI=1S/C14H15BrO3/c1-18-14(15)8-7-11(12(9-14)13(16)17)10-5-3-2-4-6-10/h2-6,9,11H,7-8H2,1H3,(H,16,17). The summed E-state index contributed by atoms with van der Waals surface area (Å²) in [6, 6.07) is 9.73. The number of rotatable bonds is 3. The maximum absolute atomic E-state index is 11.4. The fraction of sp³-hybridized carbons (Fsp3) is 0.357. The summed E-state index contributed by atoms with van der Waals surface area (Å²) in [5, 5.41) is 9.35. The Bertz CT molecular complexity index is 469. The van der Waals surface area contributed by atoms with Crippen LogP contribution in [0, 0.1) is 0 Å². The van der Waals surface area contributed by atoms with Crippen LogP contribution in [0.4, 0.5) is 0 Å². The van der Waals surface area contributed by atoms with Crippen molar-refractivity contribution < 1.29 is 14.6 Å². The smallest absolute Gasteiger partial charge is 0.332 e. The first kappa shape index (κ1) is 13.3. The molecular weight excluding hydrogens is 296 g/mol. The minimum absolute atomic E-state index is 0.0653. The van der Waals surface area contributed by atoms with Gasteiger partial charge in [0.2, 0.25) is 0 Å². The second kappa shape index (κ2) is 5.24. The molecule has 18 heavy (non-hydrogen) atoms. The highest BCUT2D eigenvalue weighted by Crippen LogP contribution is 2.42. The molecule has 0 fully saturated rings. The Labute approximate surface area is 115 Å². The second-order valence-corrected chi connectivity index (χ2v) is 5.74. The van der Waals surface area contributed by atoms with E-state index in [0.717, 1.165) is 18.4 Å². The van der Waals surface area contributed by atoms with Crippen LogP contribution in [0.1, 0.15) is 24.3 Å². The summed E-state index contributed by atoms with van der Waals surface area (Å²) in [5.74, 6) is -0.950. The van der Waals surface area contributed by atoms with Gasteiger partial charge in [-0.15, -0.1) is 0 Å². The van der Waals surface area contributed by atoms with E-state index in [-0.39, 0.29) is 5.92 Å². The fourth-order valence-electron chi connectivity index (χ4n) is 2.30. The van der Waals surface area contributed by atoms with Crippen LogP contribution in [0.25, 0.3) is 0 Å². The van der Waals surface area contributed by atoms with E-state index in [9.17, 15) is 9.90 Å². The zero-order chi connectivity index (χ0) is 13.2.